The molecule has 3 nitrogen and oxygen atoms in total. The summed E-state index contributed by atoms with van der Waals surface area (Å²) in [5.74, 6) is 1.06. The van der Waals surface area contributed by atoms with Gasteiger partial charge in [-0.3, -0.25) is 0 Å². The first-order valence-electron chi connectivity index (χ1n) is 7.34. The third-order valence-electron chi connectivity index (χ3n) is 4.15. The molecule has 2 aliphatic rings. The van der Waals surface area contributed by atoms with Gasteiger partial charge >= 0.3 is 0 Å². The Balaban J connectivity index is 1.52. The maximum absolute atomic E-state index is 6.10. The van der Waals surface area contributed by atoms with Crippen LogP contribution in [0.2, 0.25) is 0 Å². The normalized spacial score (nSPS) is 25.9. The first-order valence-corrected chi connectivity index (χ1v) is 7.34. The quantitative estimate of drug-likeness (QED) is 0.902. The van der Waals surface area contributed by atoms with Crippen molar-refractivity contribution < 1.29 is 9.47 Å². The largest absolute Gasteiger partial charge is 0.493 e. The zero-order valence-electron chi connectivity index (χ0n) is 11.7. The van der Waals surface area contributed by atoms with Crippen molar-refractivity contribution >= 4 is 0 Å². The van der Waals surface area contributed by atoms with Gasteiger partial charge in [-0.05, 0) is 49.9 Å². The standard InChI is InChI=1S/C16H23NO2/c1-16(7-2-8-17-12-16)19-10-5-13-3-4-15-14(11-13)6-9-18-15/h3-4,11,17H,2,5-10,12H2,1H3. The van der Waals surface area contributed by atoms with E-state index in [4.69, 9.17) is 9.47 Å². The van der Waals surface area contributed by atoms with E-state index in [1.807, 2.05) is 0 Å². The Labute approximate surface area is 115 Å². The molecule has 2 heterocycles. The van der Waals surface area contributed by atoms with Crippen molar-refractivity contribution in [3.05, 3.63) is 29.3 Å². The number of fused-ring (bicyclic) bond motifs is 1. The molecule has 1 unspecified atom stereocenters. The van der Waals surface area contributed by atoms with Crippen LogP contribution in [-0.4, -0.2) is 31.9 Å². The molecule has 1 fully saturated rings. The van der Waals surface area contributed by atoms with Crippen LogP contribution in [-0.2, 0) is 17.6 Å². The lowest BCUT2D eigenvalue weighted by Gasteiger charge is -2.34. The molecule has 3 heteroatoms. The number of piperidine rings is 1. The van der Waals surface area contributed by atoms with Crippen LogP contribution >= 0.6 is 0 Å². The van der Waals surface area contributed by atoms with Crippen LogP contribution in [0.4, 0.5) is 0 Å². The van der Waals surface area contributed by atoms with E-state index >= 15 is 0 Å². The van der Waals surface area contributed by atoms with E-state index in [1.165, 1.54) is 17.5 Å². The van der Waals surface area contributed by atoms with E-state index in [0.29, 0.717) is 0 Å². The molecule has 2 aliphatic heterocycles. The van der Waals surface area contributed by atoms with Crippen molar-refractivity contribution in [1.29, 1.82) is 0 Å². The van der Waals surface area contributed by atoms with E-state index in [9.17, 15) is 0 Å². The number of rotatable bonds is 4. The topological polar surface area (TPSA) is 30.5 Å². The fraction of sp³-hybridized carbons (Fsp3) is 0.625. The van der Waals surface area contributed by atoms with Crippen molar-refractivity contribution in [2.75, 3.05) is 26.3 Å². The Bertz CT molecular complexity index is 438. The van der Waals surface area contributed by atoms with Gasteiger partial charge in [0.2, 0.25) is 0 Å². The van der Waals surface area contributed by atoms with Crippen LogP contribution in [0.1, 0.15) is 30.9 Å². The molecule has 0 aromatic heterocycles. The van der Waals surface area contributed by atoms with E-state index in [0.717, 1.165) is 51.3 Å². The van der Waals surface area contributed by atoms with Crippen LogP contribution in [0.25, 0.3) is 0 Å². The third-order valence-corrected chi connectivity index (χ3v) is 4.15. The van der Waals surface area contributed by atoms with Crippen molar-refractivity contribution in [3.63, 3.8) is 0 Å². The average Bonchev–Trinajstić information content (AvgIpc) is 2.87. The molecule has 1 aromatic carbocycles. The summed E-state index contributed by atoms with van der Waals surface area (Å²) < 4.78 is 11.6. The Morgan fingerprint density at radius 3 is 3.21 bits per heavy atom. The Hall–Kier alpha value is -1.06. The number of hydrogen-bond donors (Lipinski definition) is 1. The van der Waals surface area contributed by atoms with Crippen LogP contribution in [0.3, 0.4) is 0 Å². The molecule has 0 aliphatic carbocycles. The summed E-state index contributed by atoms with van der Waals surface area (Å²) in [5, 5.41) is 3.42. The van der Waals surface area contributed by atoms with Crippen molar-refractivity contribution in [3.8, 4) is 5.75 Å². The molecule has 1 saturated heterocycles. The van der Waals surface area contributed by atoms with Gasteiger partial charge < -0.3 is 14.8 Å². The molecule has 3 rings (SSSR count). The molecule has 1 aromatic rings. The first kappa shape index (κ1) is 12.9. The van der Waals surface area contributed by atoms with Crippen molar-refractivity contribution in [2.45, 2.75) is 38.2 Å². The fourth-order valence-corrected chi connectivity index (χ4v) is 2.96. The second-order valence-corrected chi connectivity index (χ2v) is 5.87. The molecule has 104 valence electrons. The summed E-state index contributed by atoms with van der Waals surface area (Å²) in [6.07, 6.45) is 4.42. The number of ether oxygens (including phenoxy) is 2. The number of benzene rings is 1. The van der Waals surface area contributed by atoms with Crippen LogP contribution in [0.15, 0.2) is 18.2 Å². The first-order chi connectivity index (χ1) is 9.25. The molecule has 0 bridgehead atoms. The van der Waals surface area contributed by atoms with E-state index < -0.39 is 0 Å². The maximum atomic E-state index is 6.10. The van der Waals surface area contributed by atoms with Crippen LogP contribution in [0.5, 0.6) is 5.75 Å². The lowest BCUT2D eigenvalue weighted by Crippen LogP contribution is -2.45. The van der Waals surface area contributed by atoms with Gasteiger partial charge in [0.1, 0.15) is 5.75 Å². The summed E-state index contributed by atoms with van der Waals surface area (Å²) in [6, 6.07) is 6.53. The SMILES string of the molecule is CC1(OCCc2ccc3c(c2)CCO3)CCCNC1. The third kappa shape index (κ3) is 3.10. The zero-order chi connectivity index (χ0) is 13.1. The second-order valence-electron chi connectivity index (χ2n) is 5.87. The van der Waals surface area contributed by atoms with Gasteiger partial charge in [-0.1, -0.05) is 12.1 Å². The minimum Gasteiger partial charge on any atom is -0.493 e. The highest BCUT2D eigenvalue weighted by Gasteiger charge is 2.27. The fourth-order valence-electron chi connectivity index (χ4n) is 2.96. The monoisotopic (exact) mass is 261 g/mol. The highest BCUT2D eigenvalue weighted by molar-refractivity contribution is 5.39. The highest BCUT2D eigenvalue weighted by atomic mass is 16.5. The Morgan fingerprint density at radius 1 is 1.42 bits per heavy atom. The molecule has 0 saturated carbocycles. The smallest absolute Gasteiger partial charge is 0.122 e. The van der Waals surface area contributed by atoms with Gasteiger partial charge in [0, 0.05) is 13.0 Å². The average molecular weight is 261 g/mol. The maximum Gasteiger partial charge on any atom is 0.122 e. The van der Waals surface area contributed by atoms with E-state index in [-0.39, 0.29) is 5.60 Å². The van der Waals surface area contributed by atoms with Crippen molar-refractivity contribution in [1.82, 2.24) is 5.32 Å². The zero-order valence-corrected chi connectivity index (χ0v) is 11.7. The van der Waals surface area contributed by atoms with Gasteiger partial charge in [-0.25, -0.2) is 0 Å². The Kier molecular flexibility index (Phi) is 3.76. The molecular formula is C16H23NO2. The molecule has 0 radical (unpaired) electrons. The molecule has 1 N–H and O–H groups in total. The van der Waals surface area contributed by atoms with Crippen LogP contribution < -0.4 is 10.1 Å². The molecule has 0 amide bonds. The second kappa shape index (κ2) is 5.51. The summed E-state index contributed by atoms with van der Waals surface area (Å²) in [7, 11) is 0. The van der Waals surface area contributed by atoms with Gasteiger partial charge in [-0.2, -0.15) is 0 Å². The molecular weight excluding hydrogens is 238 g/mol. The lowest BCUT2D eigenvalue weighted by atomic mass is 9.96. The summed E-state index contributed by atoms with van der Waals surface area (Å²) >= 11 is 0. The number of hydrogen-bond acceptors (Lipinski definition) is 3. The predicted octanol–water partition coefficient (Wildman–Crippen LogP) is 2.32. The predicted molar refractivity (Wildman–Crippen MR) is 75.8 cm³/mol. The summed E-state index contributed by atoms with van der Waals surface area (Å²) in [4.78, 5) is 0. The summed E-state index contributed by atoms with van der Waals surface area (Å²) in [5.41, 5.74) is 2.73. The minimum absolute atomic E-state index is 0.0259. The van der Waals surface area contributed by atoms with Gasteiger partial charge in [0.25, 0.3) is 0 Å². The van der Waals surface area contributed by atoms with E-state index in [1.54, 1.807) is 0 Å². The van der Waals surface area contributed by atoms with Crippen LogP contribution in [0, 0.1) is 0 Å². The summed E-state index contributed by atoms with van der Waals surface area (Å²) in [6.45, 7) is 5.96. The highest BCUT2D eigenvalue weighted by Crippen LogP contribution is 2.26. The molecule has 19 heavy (non-hydrogen) atoms. The molecule has 0 spiro atoms. The van der Waals surface area contributed by atoms with Crippen molar-refractivity contribution in [2.24, 2.45) is 0 Å². The number of nitrogens with one attached hydrogen (secondary N) is 1. The van der Waals surface area contributed by atoms with E-state index in [2.05, 4.69) is 30.4 Å². The lowest BCUT2D eigenvalue weighted by molar-refractivity contribution is -0.0450. The van der Waals surface area contributed by atoms with Gasteiger partial charge in [0.05, 0.1) is 18.8 Å². The van der Waals surface area contributed by atoms with Gasteiger partial charge in [0.15, 0.2) is 0 Å². The van der Waals surface area contributed by atoms with Gasteiger partial charge in [-0.15, -0.1) is 0 Å². The molecule has 1 atom stereocenters. The Morgan fingerprint density at radius 2 is 2.37 bits per heavy atom. The minimum atomic E-state index is 0.0259.